The first-order chi connectivity index (χ1) is 3.29. The standard InChI is InChI=1S/C6H11P/c1-3-7-5-4-6(5,7)2/h5H,3-4H2,1-2H3. The molecule has 0 amide bonds. The maximum absolute atomic E-state index is 2.45. The normalized spacial score (nSPS) is 64.3. The van der Waals surface area contributed by atoms with Crippen LogP contribution in [0.3, 0.4) is 0 Å². The van der Waals surface area contributed by atoms with Crippen molar-refractivity contribution < 1.29 is 0 Å². The topological polar surface area (TPSA) is 0 Å². The van der Waals surface area contributed by atoms with Crippen LogP contribution >= 0.6 is 7.92 Å². The minimum atomic E-state index is 0.606. The van der Waals surface area contributed by atoms with Gasteiger partial charge < -0.3 is 0 Å². The van der Waals surface area contributed by atoms with Gasteiger partial charge in [-0.1, -0.05) is 21.8 Å². The summed E-state index contributed by atoms with van der Waals surface area (Å²) in [6.07, 6.45) is 3.07. The lowest BCUT2D eigenvalue weighted by atomic mass is 10.5. The molecule has 3 unspecified atom stereocenters. The Morgan fingerprint density at radius 1 is 1.86 bits per heavy atom. The fraction of sp³-hybridized carbons (Fsp3) is 1.00. The smallest absolute Gasteiger partial charge is 0.00457 e. The second kappa shape index (κ2) is 0.910. The first kappa shape index (κ1) is 4.32. The number of hydrogen-bond donors (Lipinski definition) is 0. The van der Waals surface area contributed by atoms with E-state index in [1.807, 2.05) is 0 Å². The molecule has 0 nitrogen and oxygen atoms in total. The van der Waals surface area contributed by atoms with Crippen molar-refractivity contribution in [1.29, 1.82) is 0 Å². The first-order valence-corrected chi connectivity index (χ1v) is 4.65. The summed E-state index contributed by atoms with van der Waals surface area (Å²) >= 11 is 0. The zero-order valence-electron chi connectivity index (χ0n) is 4.94. The Hall–Kier alpha value is 0.430. The van der Waals surface area contributed by atoms with Gasteiger partial charge in [-0.3, -0.25) is 0 Å². The van der Waals surface area contributed by atoms with Gasteiger partial charge in [-0.05, 0) is 23.4 Å². The van der Waals surface area contributed by atoms with E-state index >= 15 is 0 Å². The van der Waals surface area contributed by atoms with Crippen molar-refractivity contribution in [2.45, 2.75) is 31.1 Å². The van der Waals surface area contributed by atoms with Crippen molar-refractivity contribution in [3.63, 3.8) is 0 Å². The van der Waals surface area contributed by atoms with E-state index in [4.69, 9.17) is 0 Å². The maximum Gasteiger partial charge on any atom is -0.00457 e. The number of fused-ring (bicyclic) bond motifs is 1. The zero-order valence-corrected chi connectivity index (χ0v) is 5.83. The molecule has 2 fully saturated rings. The molecule has 1 saturated carbocycles. The Balaban J connectivity index is 2.02. The second-order valence-corrected chi connectivity index (χ2v) is 6.08. The van der Waals surface area contributed by atoms with E-state index in [2.05, 4.69) is 13.8 Å². The highest BCUT2D eigenvalue weighted by atomic mass is 31.1. The third kappa shape index (κ3) is 0.334. The molecule has 7 heavy (non-hydrogen) atoms. The lowest BCUT2D eigenvalue weighted by molar-refractivity contribution is 1.09. The molecule has 2 aliphatic rings. The molecule has 3 atom stereocenters. The van der Waals surface area contributed by atoms with Crippen LogP contribution in [0, 0.1) is 0 Å². The monoisotopic (exact) mass is 114 g/mol. The van der Waals surface area contributed by atoms with Gasteiger partial charge in [0.25, 0.3) is 0 Å². The van der Waals surface area contributed by atoms with Crippen LogP contribution < -0.4 is 0 Å². The van der Waals surface area contributed by atoms with Crippen LogP contribution in [0.2, 0.25) is 0 Å². The number of hydrogen-bond acceptors (Lipinski definition) is 0. The summed E-state index contributed by atoms with van der Waals surface area (Å²) in [5.41, 5.74) is 1.24. The average molecular weight is 114 g/mol. The van der Waals surface area contributed by atoms with Crippen LogP contribution in [0.1, 0.15) is 20.3 Å². The number of rotatable bonds is 1. The van der Waals surface area contributed by atoms with Crippen molar-refractivity contribution in [2.24, 2.45) is 0 Å². The van der Waals surface area contributed by atoms with Gasteiger partial charge in [0.2, 0.25) is 0 Å². The lowest BCUT2D eigenvalue weighted by Crippen LogP contribution is -1.81. The van der Waals surface area contributed by atoms with Crippen molar-refractivity contribution in [3.8, 4) is 0 Å². The summed E-state index contributed by atoms with van der Waals surface area (Å²) < 4.78 is 0. The van der Waals surface area contributed by atoms with E-state index in [0.29, 0.717) is 7.92 Å². The molecule has 1 heterocycles. The highest BCUT2D eigenvalue weighted by Gasteiger charge is 2.73. The van der Waals surface area contributed by atoms with Gasteiger partial charge >= 0.3 is 0 Å². The quantitative estimate of drug-likeness (QED) is 0.457. The molecule has 40 valence electrons. The molecule has 0 bridgehead atoms. The van der Waals surface area contributed by atoms with Crippen LogP contribution in [-0.2, 0) is 0 Å². The van der Waals surface area contributed by atoms with E-state index in [1.54, 1.807) is 6.42 Å². The van der Waals surface area contributed by atoms with E-state index < -0.39 is 0 Å². The van der Waals surface area contributed by atoms with Gasteiger partial charge in [-0.15, -0.1) is 0 Å². The molecular weight excluding hydrogens is 103 g/mol. The maximum atomic E-state index is 2.45. The van der Waals surface area contributed by atoms with Gasteiger partial charge in [0.05, 0.1) is 0 Å². The third-order valence-electron chi connectivity index (χ3n) is 2.47. The first-order valence-electron chi connectivity index (χ1n) is 3.06. The largest absolute Gasteiger partial charge is 0.0961 e. The Labute approximate surface area is 46.1 Å². The Morgan fingerprint density at radius 2 is 2.43 bits per heavy atom. The minimum absolute atomic E-state index is 0.606. The summed E-state index contributed by atoms with van der Waals surface area (Å²) in [7, 11) is 0.606. The fourth-order valence-corrected chi connectivity index (χ4v) is 4.87. The van der Waals surface area contributed by atoms with E-state index in [0.717, 1.165) is 5.16 Å². The minimum Gasteiger partial charge on any atom is -0.0961 e. The molecule has 2 rings (SSSR count). The molecule has 1 saturated heterocycles. The highest BCUT2D eigenvalue weighted by molar-refractivity contribution is 7.70. The van der Waals surface area contributed by atoms with E-state index in [9.17, 15) is 0 Å². The predicted octanol–water partition coefficient (Wildman–Crippen LogP) is 2.03. The van der Waals surface area contributed by atoms with Gasteiger partial charge in [-0.25, -0.2) is 0 Å². The SMILES string of the molecule is CCP1C2CC21C. The van der Waals surface area contributed by atoms with Gasteiger partial charge in [0.15, 0.2) is 0 Å². The van der Waals surface area contributed by atoms with Gasteiger partial charge in [0.1, 0.15) is 0 Å². The Bertz CT molecular complexity index is 111. The van der Waals surface area contributed by atoms with Crippen LogP contribution in [0.25, 0.3) is 0 Å². The predicted molar refractivity (Wildman–Crippen MR) is 34.3 cm³/mol. The Morgan fingerprint density at radius 3 is 2.43 bits per heavy atom. The van der Waals surface area contributed by atoms with Crippen LogP contribution in [0.5, 0.6) is 0 Å². The van der Waals surface area contributed by atoms with E-state index in [-0.39, 0.29) is 0 Å². The van der Waals surface area contributed by atoms with Crippen molar-refractivity contribution in [3.05, 3.63) is 0 Å². The molecule has 0 radical (unpaired) electrons. The molecular formula is C6H11P. The van der Waals surface area contributed by atoms with Crippen molar-refractivity contribution in [1.82, 2.24) is 0 Å². The zero-order chi connectivity index (χ0) is 5.07. The highest BCUT2D eigenvalue weighted by Crippen LogP contribution is 2.90. The molecule has 0 spiro atoms. The molecule has 0 aromatic rings. The summed E-state index contributed by atoms with van der Waals surface area (Å²) in [4.78, 5) is 0. The summed E-state index contributed by atoms with van der Waals surface area (Å²) in [6.45, 7) is 4.79. The Kier molecular flexibility index (Phi) is 0.562. The lowest BCUT2D eigenvalue weighted by Gasteiger charge is -2.00. The fourth-order valence-electron chi connectivity index (χ4n) is 1.61. The molecule has 1 heteroatoms. The summed E-state index contributed by atoms with van der Waals surface area (Å²) in [6, 6.07) is 0. The molecule has 0 aromatic carbocycles. The van der Waals surface area contributed by atoms with Crippen LogP contribution in [0.15, 0.2) is 0 Å². The summed E-state index contributed by atoms with van der Waals surface area (Å²) in [5.74, 6) is 0. The molecule has 1 aliphatic carbocycles. The van der Waals surface area contributed by atoms with E-state index in [1.165, 1.54) is 11.8 Å². The van der Waals surface area contributed by atoms with Crippen LogP contribution in [0.4, 0.5) is 0 Å². The van der Waals surface area contributed by atoms with Crippen molar-refractivity contribution in [2.75, 3.05) is 6.16 Å². The van der Waals surface area contributed by atoms with Crippen molar-refractivity contribution >= 4 is 7.92 Å². The molecule has 1 aliphatic heterocycles. The molecule has 0 N–H and O–H groups in total. The van der Waals surface area contributed by atoms with Crippen LogP contribution in [-0.4, -0.2) is 17.0 Å². The third-order valence-corrected chi connectivity index (χ3v) is 6.18. The molecule has 0 aromatic heterocycles. The van der Waals surface area contributed by atoms with Gasteiger partial charge in [-0.2, -0.15) is 0 Å². The average Bonchev–Trinajstić information content (AvgIpc) is 2.28. The van der Waals surface area contributed by atoms with Gasteiger partial charge in [0, 0.05) is 0 Å². The summed E-state index contributed by atoms with van der Waals surface area (Å²) in [5, 5.41) is 0.948. The second-order valence-electron chi connectivity index (χ2n) is 2.86.